The van der Waals surface area contributed by atoms with Gasteiger partial charge in [0, 0.05) is 18.6 Å². The first-order valence-electron chi connectivity index (χ1n) is 7.42. The van der Waals surface area contributed by atoms with Crippen molar-refractivity contribution >= 4 is 23.2 Å². The molecule has 20 heavy (non-hydrogen) atoms. The summed E-state index contributed by atoms with van der Waals surface area (Å²) in [5.74, 6) is 0.845. The van der Waals surface area contributed by atoms with Gasteiger partial charge in [-0.25, -0.2) is 0 Å². The van der Waals surface area contributed by atoms with Gasteiger partial charge in [0.25, 0.3) is 0 Å². The summed E-state index contributed by atoms with van der Waals surface area (Å²) < 4.78 is 0. The lowest BCUT2D eigenvalue weighted by Crippen LogP contribution is -2.41. The molecule has 1 saturated heterocycles. The Hall–Kier alpha value is -0.280. The van der Waals surface area contributed by atoms with Crippen LogP contribution in [-0.2, 0) is 0 Å². The van der Waals surface area contributed by atoms with Crippen molar-refractivity contribution in [1.82, 2.24) is 4.90 Å². The number of nitrogens with two attached hydrogens (primary N) is 1. The van der Waals surface area contributed by atoms with E-state index in [1.807, 2.05) is 12.1 Å². The first-order chi connectivity index (χ1) is 9.49. The Morgan fingerprint density at radius 2 is 2.10 bits per heavy atom. The van der Waals surface area contributed by atoms with Gasteiger partial charge in [-0.05, 0) is 50.3 Å². The van der Waals surface area contributed by atoms with Gasteiger partial charge >= 0.3 is 0 Å². The van der Waals surface area contributed by atoms with Crippen LogP contribution in [0.25, 0.3) is 0 Å². The molecule has 0 saturated carbocycles. The second-order valence-corrected chi connectivity index (χ2v) is 6.84. The van der Waals surface area contributed by atoms with Gasteiger partial charge in [0.2, 0.25) is 0 Å². The maximum Gasteiger partial charge on any atom is 0.0640 e. The number of halogens is 2. The monoisotopic (exact) mass is 314 g/mol. The van der Waals surface area contributed by atoms with Crippen LogP contribution in [0, 0.1) is 5.92 Å². The molecule has 3 atom stereocenters. The highest BCUT2D eigenvalue weighted by Gasteiger charge is 2.23. The number of piperidine rings is 1. The Morgan fingerprint density at radius 1 is 1.35 bits per heavy atom. The Morgan fingerprint density at radius 3 is 2.80 bits per heavy atom. The molecule has 1 aromatic carbocycles. The lowest BCUT2D eigenvalue weighted by molar-refractivity contribution is 0.125. The molecule has 0 radical (unpaired) electrons. The average Bonchev–Trinajstić information content (AvgIpc) is 2.40. The molecule has 0 amide bonds. The summed E-state index contributed by atoms with van der Waals surface area (Å²) in [6.07, 6.45) is 3.49. The maximum atomic E-state index is 6.28. The van der Waals surface area contributed by atoms with Crippen LogP contribution in [0.2, 0.25) is 10.0 Å². The fourth-order valence-electron chi connectivity index (χ4n) is 3.06. The molecule has 1 heterocycles. The largest absolute Gasteiger partial charge is 0.324 e. The Labute approximate surface area is 132 Å². The number of likely N-dealkylation sites (tertiary alicyclic amines) is 1. The minimum absolute atomic E-state index is 0.0484. The predicted molar refractivity (Wildman–Crippen MR) is 87.4 cm³/mol. The van der Waals surface area contributed by atoms with Crippen LogP contribution in [0.3, 0.4) is 0 Å². The molecule has 2 nitrogen and oxygen atoms in total. The van der Waals surface area contributed by atoms with Crippen molar-refractivity contribution in [3.05, 3.63) is 33.8 Å². The molecule has 0 bridgehead atoms. The highest BCUT2D eigenvalue weighted by molar-refractivity contribution is 6.42. The van der Waals surface area contributed by atoms with E-state index in [1.54, 1.807) is 6.07 Å². The van der Waals surface area contributed by atoms with Gasteiger partial charge in [0.1, 0.15) is 0 Å². The third-order valence-electron chi connectivity index (χ3n) is 4.38. The number of benzene rings is 1. The van der Waals surface area contributed by atoms with Gasteiger partial charge in [-0.15, -0.1) is 0 Å². The molecule has 0 spiro atoms. The summed E-state index contributed by atoms with van der Waals surface area (Å²) in [7, 11) is 0. The fourth-order valence-corrected chi connectivity index (χ4v) is 3.50. The highest BCUT2D eigenvalue weighted by Crippen LogP contribution is 2.31. The normalized spacial score (nSPS) is 25.6. The summed E-state index contributed by atoms with van der Waals surface area (Å²) in [6.45, 7) is 6.86. The second-order valence-electron chi connectivity index (χ2n) is 6.05. The Balaban J connectivity index is 1.92. The van der Waals surface area contributed by atoms with Gasteiger partial charge in [0.05, 0.1) is 10.0 Å². The molecule has 1 aliphatic rings. The molecule has 1 aliphatic heterocycles. The zero-order chi connectivity index (χ0) is 14.7. The first kappa shape index (κ1) is 16.1. The number of hydrogen-bond donors (Lipinski definition) is 1. The number of nitrogens with zero attached hydrogens (tertiary/aromatic N) is 1. The van der Waals surface area contributed by atoms with E-state index in [2.05, 4.69) is 18.7 Å². The van der Waals surface area contributed by atoms with E-state index in [0.29, 0.717) is 16.1 Å². The van der Waals surface area contributed by atoms with E-state index >= 15 is 0 Å². The van der Waals surface area contributed by atoms with E-state index in [4.69, 9.17) is 28.9 Å². The molecule has 4 heteroatoms. The standard InChI is InChI=1S/C16H24Cl2N2/c1-11-6-8-20(12(2)10-11)9-7-15(19)13-4-3-5-14(17)16(13)18/h3-5,11-12,15H,6-10,19H2,1-2H3. The second kappa shape index (κ2) is 7.13. The van der Waals surface area contributed by atoms with E-state index in [9.17, 15) is 0 Å². The Bertz CT molecular complexity index is 450. The van der Waals surface area contributed by atoms with Crippen molar-refractivity contribution in [2.45, 2.75) is 45.2 Å². The summed E-state index contributed by atoms with van der Waals surface area (Å²) in [6, 6.07) is 6.29. The zero-order valence-corrected chi connectivity index (χ0v) is 13.8. The summed E-state index contributed by atoms with van der Waals surface area (Å²) in [5, 5.41) is 1.18. The SMILES string of the molecule is CC1CCN(CCC(N)c2cccc(Cl)c2Cl)C(C)C1. The van der Waals surface area contributed by atoms with E-state index in [-0.39, 0.29) is 6.04 Å². The highest BCUT2D eigenvalue weighted by atomic mass is 35.5. The summed E-state index contributed by atoms with van der Waals surface area (Å²) >= 11 is 12.3. The molecule has 1 fully saturated rings. The molecule has 2 rings (SSSR count). The van der Waals surface area contributed by atoms with Gasteiger partial charge in [0.15, 0.2) is 0 Å². The number of rotatable bonds is 4. The quantitative estimate of drug-likeness (QED) is 0.886. The summed E-state index contributed by atoms with van der Waals surface area (Å²) in [4.78, 5) is 2.54. The topological polar surface area (TPSA) is 29.3 Å². The average molecular weight is 315 g/mol. The minimum Gasteiger partial charge on any atom is -0.324 e. The van der Waals surface area contributed by atoms with Crippen molar-refractivity contribution < 1.29 is 0 Å². The van der Waals surface area contributed by atoms with Crippen LogP contribution in [0.1, 0.15) is 44.7 Å². The van der Waals surface area contributed by atoms with E-state index in [0.717, 1.165) is 24.4 Å². The fraction of sp³-hybridized carbons (Fsp3) is 0.625. The van der Waals surface area contributed by atoms with Crippen LogP contribution in [0.15, 0.2) is 18.2 Å². The van der Waals surface area contributed by atoms with E-state index in [1.165, 1.54) is 19.4 Å². The van der Waals surface area contributed by atoms with Crippen molar-refractivity contribution in [2.75, 3.05) is 13.1 Å². The minimum atomic E-state index is -0.0484. The lowest BCUT2D eigenvalue weighted by atomic mass is 9.93. The molecule has 3 unspecified atom stereocenters. The molecule has 0 aliphatic carbocycles. The maximum absolute atomic E-state index is 6.28. The molecule has 1 aromatic rings. The molecular weight excluding hydrogens is 291 g/mol. The van der Waals surface area contributed by atoms with Gasteiger partial charge in [-0.1, -0.05) is 42.3 Å². The van der Waals surface area contributed by atoms with Crippen molar-refractivity contribution in [2.24, 2.45) is 11.7 Å². The van der Waals surface area contributed by atoms with Gasteiger partial charge in [-0.2, -0.15) is 0 Å². The van der Waals surface area contributed by atoms with Crippen LogP contribution in [0.4, 0.5) is 0 Å². The third-order valence-corrected chi connectivity index (χ3v) is 5.22. The van der Waals surface area contributed by atoms with Crippen LogP contribution < -0.4 is 5.73 Å². The molecule has 112 valence electrons. The van der Waals surface area contributed by atoms with E-state index < -0.39 is 0 Å². The third kappa shape index (κ3) is 3.88. The van der Waals surface area contributed by atoms with Gasteiger partial charge < -0.3 is 10.6 Å². The predicted octanol–water partition coefficient (Wildman–Crippen LogP) is 4.50. The summed E-state index contributed by atoms with van der Waals surface area (Å²) in [5.41, 5.74) is 7.24. The van der Waals surface area contributed by atoms with Crippen molar-refractivity contribution in [3.8, 4) is 0 Å². The smallest absolute Gasteiger partial charge is 0.0640 e. The molecule has 2 N–H and O–H groups in total. The first-order valence-corrected chi connectivity index (χ1v) is 8.18. The molecule has 0 aromatic heterocycles. The van der Waals surface area contributed by atoms with Crippen LogP contribution in [0.5, 0.6) is 0 Å². The van der Waals surface area contributed by atoms with Gasteiger partial charge in [-0.3, -0.25) is 0 Å². The van der Waals surface area contributed by atoms with Crippen LogP contribution in [-0.4, -0.2) is 24.0 Å². The number of hydrogen-bond acceptors (Lipinski definition) is 2. The van der Waals surface area contributed by atoms with Crippen LogP contribution >= 0.6 is 23.2 Å². The Kier molecular flexibility index (Phi) is 5.74. The zero-order valence-electron chi connectivity index (χ0n) is 12.3. The van der Waals surface area contributed by atoms with Crippen molar-refractivity contribution in [1.29, 1.82) is 0 Å². The van der Waals surface area contributed by atoms with Crippen molar-refractivity contribution in [3.63, 3.8) is 0 Å². The lowest BCUT2D eigenvalue weighted by Gasteiger charge is -2.37. The molecular formula is C16H24Cl2N2.